The van der Waals surface area contributed by atoms with Crippen molar-refractivity contribution in [3.63, 3.8) is 0 Å². The maximum absolute atomic E-state index is 12.5. The third kappa shape index (κ3) is 6.69. The van der Waals surface area contributed by atoms with Crippen molar-refractivity contribution >= 4 is 22.8 Å². The standard InChI is InChI=1S/C27H29F3N8O/c1-36(2)25-14-22(32-17-33-25)19-3-4-21-23(12-19)35-24(34-21)13-20-11-18(5-6-31-20)16-37-7-9-38(10-8-37)26(39)15-27(28,29)30/h3-6,11-12,14,17H,7-10,13,15-16H2,1-2H3,(H,34,35). The quantitative estimate of drug-likeness (QED) is 0.384. The predicted molar refractivity (Wildman–Crippen MR) is 141 cm³/mol. The number of nitrogens with one attached hydrogen (secondary N) is 1. The van der Waals surface area contributed by atoms with Crippen molar-refractivity contribution in [1.82, 2.24) is 34.7 Å². The molecule has 1 aliphatic heterocycles. The monoisotopic (exact) mass is 538 g/mol. The number of aromatic amines is 1. The van der Waals surface area contributed by atoms with Crippen LogP contribution in [-0.4, -0.2) is 87.1 Å². The summed E-state index contributed by atoms with van der Waals surface area (Å²) >= 11 is 0. The van der Waals surface area contributed by atoms with E-state index in [1.807, 2.05) is 55.4 Å². The fourth-order valence-corrected chi connectivity index (χ4v) is 4.65. The van der Waals surface area contributed by atoms with Gasteiger partial charge in [0.15, 0.2) is 0 Å². The number of imidazole rings is 1. The van der Waals surface area contributed by atoms with E-state index < -0.39 is 18.5 Å². The van der Waals surface area contributed by atoms with Crippen molar-refractivity contribution in [2.45, 2.75) is 25.6 Å². The molecule has 4 aromatic rings. The van der Waals surface area contributed by atoms with E-state index in [9.17, 15) is 18.0 Å². The topological polar surface area (TPSA) is 94.1 Å². The number of carbonyl (C=O) groups is 1. The minimum Gasteiger partial charge on any atom is -0.363 e. The van der Waals surface area contributed by atoms with E-state index in [4.69, 9.17) is 4.98 Å². The third-order valence-corrected chi connectivity index (χ3v) is 6.65. The summed E-state index contributed by atoms with van der Waals surface area (Å²) < 4.78 is 37.6. The van der Waals surface area contributed by atoms with Crippen LogP contribution in [0.1, 0.15) is 23.5 Å². The zero-order valence-electron chi connectivity index (χ0n) is 21.7. The van der Waals surface area contributed by atoms with E-state index >= 15 is 0 Å². The molecule has 1 N–H and O–H groups in total. The fourth-order valence-electron chi connectivity index (χ4n) is 4.65. The largest absolute Gasteiger partial charge is 0.397 e. The number of anilines is 1. The average molecular weight is 539 g/mol. The molecule has 1 aliphatic rings. The van der Waals surface area contributed by atoms with Crippen molar-refractivity contribution < 1.29 is 18.0 Å². The number of pyridine rings is 1. The minimum absolute atomic E-state index is 0.291. The molecule has 9 nitrogen and oxygen atoms in total. The summed E-state index contributed by atoms with van der Waals surface area (Å²) in [4.78, 5) is 38.5. The van der Waals surface area contributed by atoms with Gasteiger partial charge in [-0.2, -0.15) is 13.2 Å². The minimum atomic E-state index is -4.48. The van der Waals surface area contributed by atoms with E-state index in [0.717, 1.165) is 45.2 Å². The lowest BCUT2D eigenvalue weighted by Gasteiger charge is -2.35. The van der Waals surface area contributed by atoms with Gasteiger partial charge < -0.3 is 14.8 Å². The maximum Gasteiger partial charge on any atom is 0.397 e. The molecule has 12 heteroatoms. The SMILES string of the molecule is CN(C)c1cc(-c2ccc3nc(Cc4cc(CN5CCN(C(=O)CC(F)(F)F)CC5)ccn4)[nH]c3c2)ncn1. The van der Waals surface area contributed by atoms with Crippen LogP contribution >= 0.6 is 0 Å². The van der Waals surface area contributed by atoms with E-state index in [2.05, 4.69) is 24.8 Å². The number of carbonyl (C=O) groups excluding carboxylic acids is 1. The number of aromatic nitrogens is 5. The highest BCUT2D eigenvalue weighted by Crippen LogP contribution is 2.25. The number of hydrogen-bond donors (Lipinski definition) is 1. The summed E-state index contributed by atoms with van der Waals surface area (Å²) in [6, 6.07) is 11.9. The molecule has 204 valence electrons. The Morgan fingerprint density at radius 1 is 1.03 bits per heavy atom. The van der Waals surface area contributed by atoms with Crippen LogP contribution in [0.4, 0.5) is 19.0 Å². The zero-order chi connectivity index (χ0) is 27.6. The zero-order valence-corrected chi connectivity index (χ0v) is 21.7. The Labute approximate surface area is 223 Å². The molecule has 39 heavy (non-hydrogen) atoms. The van der Waals surface area contributed by atoms with Crippen LogP contribution < -0.4 is 4.90 Å². The number of hydrogen-bond acceptors (Lipinski definition) is 7. The number of amides is 1. The molecule has 1 amide bonds. The summed E-state index contributed by atoms with van der Waals surface area (Å²) in [5.74, 6) is 0.759. The van der Waals surface area contributed by atoms with Crippen molar-refractivity contribution in [2.24, 2.45) is 0 Å². The Morgan fingerprint density at radius 2 is 1.82 bits per heavy atom. The van der Waals surface area contributed by atoms with Crippen LogP contribution in [0.25, 0.3) is 22.3 Å². The lowest BCUT2D eigenvalue weighted by molar-refractivity contribution is -0.162. The highest BCUT2D eigenvalue weighted by Gasteiger charge is 2.34. The second-order valence-corrected chi connectivity index (χ2v) is 9.85. The summed E-state index contributed by atoms with van der Waals surface area (Å²) in [7, 11) is 3.87. The molecule has 0 radical (unpaired) electrons. The van der Waals surface area contributed by atoms with Crippen LogP contribution in [-0.2, 0) is 17.8 Å². The van der Waals surface area contributed by atoms with Crippen LogP contribution in [0, 0.1) is 0 Å². The Kier molecular flexibility index (Phi) is 7.47. The number of piperazine rings is 1. The Bertz CT molecular complexity index is 1460. The van der Waals surface area contributed by atoms with Gasteiger partial charge in [0.1, 0.15) is 24.4 Å². The molecule has 0 bridgehead atoms. The van der Waals surface area contributed by atoms with E-state index in [0.29, 0.717) is 39.1 Å². The molecular formula is C27H29F3N8O. The van der Waals surface area contributed by atoms with Crippen molar-refractivity contribution in [3.8, 4) is 11.3 Å². The molecule has 3 aromatic heterocycles. The summed E-state index contributed by atoms with van der Waals surface area (Å²) in [6.45, 7) is 2.26. The van der Waals surface area contributed by atoms with E-state index in [1.165, 1.54) is 4.90 Å². The first-order valence-corrected chi connectivity index (χ1v) is 12.6. The number of nitrogens with zero attached hydrogens (tertiary/aromatic N) is 7. The first-order chi connectivity index (χ1) is 18.6. The number of halogens is 3. The number of benzene rings is 1. The molecule has 0 atom stereocenters. The molecule has 0 unspecified atom stereocenters. The molecule has 0 aliphatic carbocycles. The predicted octanol–water partition coefficient (Wildman–Crippen LogP) is 3.67. The van der Waals surface area contributed by atoms with Gasteiger partial charge in [0.25, 0.3) is 0 Å². The van der Waals surface area contributed by atoms with E-state index in [1.54, 1.807) is 12.5 Å². The molecule has 1 aromatic carbocycles. The average Bonchev–Trinajstić information content (AvgIpc) is 3.30. The van der Waals surface area contributed by atoms with Crippen molar-refractivity contribution in [3.05, 3.63) is 66.0 Å². The smallest absolute Gasteiger partial charge is 0.363 e. The van der Waals surface area contributed by atoms with Crippen molar-refractivity contribution in [1.29, 1.82) is 0 Å². The molecular weight excluding hydrogens is 509 g/mol. The van der Waals surface area contributed by atoms with Crippen LogP contribution in [0.2, 0.25) is 0 Å². The summed E-state index contributed by atoms with van der Waals surface area (Å²) in [5.41, 5.74) is 5.45. The number of rotatable bonds is 7. The van der Waals surface area contributed by atoms with Gasteiger partial charge in [0.05, 0.1) is 16.7 Å². The lowest BCUT2D eigenvalue weighted by atomic mass is 10.1. The van der Waals surface area contributed by atoms with Crippen molar-refractivity contribution in [2.75, 3.05) is 45.2 Å². The first kappa shape index (κ1) is 26.5. The third-order valence-electron chi connectivity index (χ3n) is 6.65. The van der Waals surface area contributed by atoms with Crippen LogP contribution in [0.3, 0.4) is 0 Å². The Balaban J connectivity index is 1.22. The summed E-state index contributed by atoms with van der Waals surface area (Å²) in [6.07, 6.45) is -2.04. The number of H-pyrrole nitrogens is 1. The van der Waals surface area contributed by atoms with Gasteiger partial charge in [-0.3, -0.25) is 14.7 Å². The fraction of sp³-hybridized carbons (Fsp3) is 0.370. The van der Waals surface area contributed by atoms with Gasteiger partial charge in [0.2, 0.25) is 5.91 Å². The molecule has 5 rings (SSSR count). The van der Waals surface area contributed by atoms with Crippen LogP contribution in [0.15, 0.2) is 48.9 Å². The second-order valence-electron chi connectivity index (χ2n) is 9.85. The second kappa shape index (κ2) is 11.0. The van der Waals surface area contributed by atoms with Gasteiger partial charge in [-0.1, -0.05) is 6.07 Å². The normalized spacial score (nSPS) is 14.6. The molecule has 1 fully saturated rings. The molecule has 1 saturated heterocycles. The van der Waals surface area contributed by atoms with Gasteiger partial charge >= 0.3 is 6.18 Å². The summed E-state index contributed by atoms with van der Waals surface area (Å²) in [5, 5.41) is 0. The highest BCUT2D eigenvalue weighted by molar-refractivity contribution is 5.81. The van der Waals surface area contributed by atoms with Gasteiger partial charge in [-0.15, -0.1) is 0 Å². The van der Waals surface area contributed by atoms with E-state index in [-0.39, 0.29) is 0 Å². The highest BCUT2D eigenvalue weighted by atomic mass is 19.4. The first-order valence-electron chi connectivity index (χ1n) is 12.6. The molecule has 0 spiro atoms. The molecule has 4 heterocycles. The van der Waals surface area contributed by atoms with Gasteiger partial charge in [-0.25, -0.2) is 15.0 Å². The maximum atomic E-state index is 12.5. The lowest BCUT2D eigenvalue weighted by Crippen LogP contribution is -2.49. The Hall–Kier alpha value is -4.06. The van der Waals surface area contributed by atoms with Gasteiger partial charge in [-0.05, 0) is 29.8 Å². The van der Waals surface area contributed by atoms with Gasteiger partial charge in [0, 0.05) is 76.8 Å². The number of fused-ring (bicyclic) bond motifs is 1. The Morgan fingerprint density at radius 3 is 2.56 bits per heavy atom. The molecule has 0 saturated carbocycles. The van der Waals surface area contributed by atoms with Crippen LogP contribution in [0.5, 0.6) is 0 Å². The number of alkyl halides is 3.